The molecular weight excluding hydrogens is 480 g/mol. The molecular formula is C22H21ClN6O4S. The molecule has 0 saturated carbocycles. The van der Waals surface area contributed by atoms with Crippen LogP contribution in [-0.4, -0.2) is 43.3 Å². The number of amides is 1. The summed E-state index contributed by atoms with van der Waals surface area (Å²) >= 11 is 7.49. The van der Waals surface area contributed by atoms with E-state index in [2.05, 4.69) is 20.3 Å². The Hall–Kier alpha value is -3.54. The van der Waals surface area contributed by atoms with Gasteiger partial charge < -0.3 is 10.4 Å². The highest BCUT2D eigenvalue weighted by atomic mass is 35.5. The summed E-state index contributed by atoms with van der Waals surface area (Å²) in [5.74, 6) is -0.574. The van der Waals surface area contributed by atoms with E-state index in [1.54, 1.807) is 30.3 Å². The minimum atomic E-state index is -0.773. The standard InChI is InChI=1S/C22H21ClN6O4S/c1-13-25-17-7-6-16(10-18(17)34-13)26-20-27-21(32)29(12-19(31)24-8-9-30)22(33)28(20)11-14-2-4-15(23)5-3-14/h2-7,10,30H,8-9,11-12H2,1H3,(H,24,31)(H,26,27,32). The number of nitrogens with zero attached hydrogens (tertiary/aromatic N) is 4. The second-order valence-corrected chi connectivity index (χ2v) is 9.08. The molecule has 0 bridgehead atoms. The van der Waals surface area contributed by atoms with Crippen LogP contribution < -0.4 is 22.3 Å². The lowest BCUT2D eigenvalue weighted by Crippen LogP contribution is -2.51. The molecule has 0 aliphatic heterocycles. The van der Waals surface area contributed by atoms with Gasteiger partial charge in [-0.15, -0.1) is 11.3 Å². The minimum absolute atomic E-state index is 0.0171. The van der Waals surface area contributed by atoms with E-state index >= 15 is 0 Å². The van der Waals surface area contributed by atoms with Crippen molar-refractivity contribution in [1.82, 2.24) is 24.4 Å². The monoisotopic (exact) mass is 500 g/mol. The van der Waals surface area contributed by atoms with Gasteiger partial charge in [-0.05, 0) is 42.8 Å². The third-order valence-corrected chi connectivity index (χ3v) is 6.07. The zero-order valence-corrected chi connectivity index (χ0v) is 19.7. The molecule has 2 aromatic heterocycles. The van der Waals surface area contributed by atoms with E-state index < -0.39 is 23.8 Å². The van der Waals surface area contributed by atoms with Gasteiger partial charge >= 0.3 is 11.4 Å². The average molecular weight is 501 g/mol. The predicted molar refractivity (Wildman–Crippen MR) is 130 cm³/mol. The van der Waals surface area contributed by atoms with Crippen molar-refractivity contribution < 1.29 is 9.90 Å². The Bertz CT molecular complexity index is 1530. The number of aromatic amines is 1. The number of aliphatic hydroxyl groups is 1. The van der Waals surface area contributed by atoms with Crippen molar-refractivity contribution in [3.05, 3.63) is 84.6 Å². The topological polar surface area (TPSA) is 134 Å². The molecule has 2 aromatic carbocycles. The Kier molecular flexibility index (Phi) is 7.06. The second-order valence-electron chi connectivity index (χ2n) is 7.41. The van der Waals surface area contributed by atoms with E-state index in [0.717, 1.165) is 25.4 Å². The zero-order chi connectivity index (χ0) is 24.2. The summed E-state index contributed by atoms with van der Waals surface area (Å²) in [6.45, 7) is 1.26. The molecule has 2 heterocycles. The van der Waals surface area contributed by atoms with Crippen molar-refractivity contribution in [2.45, 2.75) is 20.0 Å². The van der Waals surface area contributed by atoms with Gasteiger partial charge in [-0.1, -0.05) is 23.7 Å². The van der Waals surface area contributed by atoms with Crippen LogP contribution >= 0.6 is 22.9 Å². The summed E-state index contributed by atoms with van der Waals surface area (Å²) in [7, 11) is 0. The first kappa shape index (κ1) is 23.6. The number of fused-ring (bicyclic) bond motifs is 1. The van der Waals surface area contributed by atoms with Crippen LogP contribution in [0.2, 0.25) is 5.02 Å². The molecule has 12 heteroatoms. The van der Waals surface area contributed by atoms with Gasteiger partial charge in [0.25, 0.3) is 0 Å². The molecule has 4 aromatic rings. The summed E-state index contributed by atoms with van der Waals surface area (Å²) < 4.78 is 3.00. The lowest BCUT2D eigenvalue weighted by molar-refractivity contribution is -0.122. The second kappa shape index (κ2) is 10.2. The Labute approximate surface area is 201 Å². The van der Waals surface area contributed by atoms with Gasteiger partial charge in [-0.3, -0.25) is 14.3 Å². The molecule has 10 nitrogen and oxygen atoms in total. The number of benzene rings is 2. The number of carbonyl (C=O) groups excluding carboxylic acids is 1. The molecule has 176 valence electrons. The molecule has 1 amide bonds. The van der Waals surface area contributed by atoms with Gasteiger partial charge in [-0.2, -0.15) is 0 Å². The molecule has 3 N–H and O–H groups in total. The quantitative estimate of drug-likeness (QED) is 0.351. The van der Waals surface area contributed by atoms with E-state index in [1.807, 2.05) is 19.1 Å². The number of halogens is 1. The molecule has 0 fully saturated rings. The highest BCUT2D eigenvalue weighted by molar-refractivity contribution is 7.18. The summed E-state index contributed by atoms with van der Waals surface area (Å²) in [6, 6.07) is 12.3. The number of nitrogens with one attached hydrogen (secondary N) is 2. The van der Waals surface area contributed by atoms with Gasteiger partial charge in [0.15, 0.2) is 0 Å². The lowest BCUT2D eigenvalue weighted by atomic mass is 10.2. The number of aromatic nitrogens is 4. The van der Waals surface area contributed by atoms with Crippen LogP contribution in [0.4, 0.5) is 5.69 Å². The first-order valence-corrected chi connectivity index (χ1v) is 11.5. The van der Waals surface area contributed by atoms with E-state index in [-0.39, 0.29) is 25.3 Å². The number of H-pyrrole nitrogens is 1. The molecule has 0 spiro atoms. The van der Waals surface area contributed by atoms with Gasteiger partial charge in [0.2, 0.25) is 11.5 Å². The molecule has 34 heavy (non-hydrogen) atoms. The summed E-state index contributed by atoms with van der Waals surface area (Å²) in [5.41, 5.74) is 0.691. The van der Waals surface area contributed by atoms with Crippen molar-refractivity contribution in [2.75, 3.05) is 13.2 Å². The Morgan fingerprint density at radius 2 is 1.97 bits per heavy atom. The third kappa shape index (κ3) is 5.33. The van der Waals surface area contributed by atoms with Crippen LogP contribution in [-0.2, 0) is 17.9 Å². The van der Waals surface area contributed by atoms with E-state index in [9.17, 15) is 14.4 Å². The van der Waals surface area contributed by atoms with E-state index in [1.165, 1.54) is 15.9 Å². The Balaban J connectivity index is 1.84. The van der Waals surface area contributed by atoms with Crippen LogP contribution in [0.25, 0.3) is 10.2 Å². The average Bonchev–Trinajstić information content (AvgIpc) is 3.18. The highest BCUT2D eigenvalue weighted by Gasteiger charge is 2.13. The molecule has 0 aliphatic rings. The van der Waals surface area contributed by atoms with Crippen molar-refractivity contribution in [1.29, 1.82) is 0 Å². The van der Waals surface area contributed by atoms with Crippen molar-refractivity contribution in [3.63, 3.8) is 0 Å². The number of rotatable bonds is 7. The summed E-state index contributed by atoms with van der Waals surface area (Å²) in [5, 5.41) is 12.8. The molecule has 0 saturated heterocycles. The number of hydrogen-bond acceptors (Lipinski definition) is 7. The lowest BCUT2D eigenvalue weighted by Gasteiger charge is -2.11. The fraction of sp³-hybridized carbons (Fsp3) is 0.227. The predicted octanol–water partition coefficient (Wildman–Crippen LogP) is 1.30. The van der Waals surface area contributed by atoms with Gasteiger partial charge in [0, 0.05) is 11.6 Å². The number of aliphatic hydroxyl groups excluding tert-OH is 1. The first-order chi connectivity index (χ1) is 16.3. The SMILES string of the molecule is Cc1nc2ccc(/N=c3\[nH]c(=O)n(CC(=O)NCCO)c(=O)n3Cc3ccc(Cl)cc3)cc2s1. The number of carbonyl (C=O) groups is 1. The first-order valence-electron chi connectivity index (χ1n) is 10.3. The van der Waals surface area contributed by atoms with Crippen LogP contribution in [0.3, 0.4) is 0 Å². The molecule has 0 aliphatic carbocycles. The number of thiazole rings is 1. The van der Waals surface area contributed by atoms with Crippen LogP contribution in [0.15, 0.2) is 57.0 Å². The van der Waals surface area contributed by atoms with Gasteiger partial charge in [-0.25, -0.2) is 24.1 Å². The maximum absolute atomic E-state index is 13.3. The maximum atomic E-state index is 13.3. The van der Waals surface area contributed by atoms with E-state index in [4.69, 9.17) is 16.7 Å². The van der Waals surface area contributed by atoms with Crippen LogP contribution in [0, 0.1) is 6.92 Å². The highest BCUT2D eigenvalue weighted by Crippen LogP contribution is 2.25. The molecule has 0 atom stereocenters. The molecule has 4 rings (SSSR count). The van der Waals surface area contributed by atoms with Gasteiger partial charge in [0.1, 0.15) is 6.54 Å². The molecule has 0 radical (unpaired) electrons. The van der Waals surface area contributed by atoms with E-state index in [0.29, 0.717) is 10.7 Å². The van der Waals surface area contributed by atoms with Gasteiger partial charge in [0.05, 0.1) is 34.1 Å². The number of hydrogen-bond donors (Lipinski definition) is 3. The zero-order valence-electron chi connectivity index (χ0n) is 18.1. The maximum Gasteiger partial charge on any atom is 0.335 e. The van der Waals surface area contributed by atoms with Crippen LogP contribution in [0.1, 0.15) is 10.6 Å². The number of aryl methyl sites for hydroxylation is 1. The van der Waals surface area contributed by atoms with Crippen LogP contribution in [0.5, 0.6) is 0 Å². The fourth-order valence-electron chi connectivity index (χ4n) is 3.31. The Morgan fingerprint density at radius 1 is 1.21 bits per heavy atom. The molecule has 0 unspecified atom stereocenters. The fourth-order valence-corrected chi connectivity index (χ4v) is 4.30. The Morgan fingerprint density at radius 3 is 2.71 bits per heavy atom. The minimum Gasteiger partial charge on any atom is -0.395 e. The largest absolute Gasteiger partial charge is 0.395 e. The summed E-state index contributed by atoms with van der Waals surface area (Å²) in [6.07, 6.45) is 0. The normalized spacial score (nSPS) is 11.8. The smallest absolute Gasteiger partial charge is 0.335 e. The van der Waals surface area contributed by atoms with Crippen molar-refractivity contribution >= 4 is 44.7 Å². The third-order valence-electron chi connectivity index (χ3n) is 4.88. The summed E-state index contributed by atoms with van der Waals surface area (Å²) in [4.78, 5) is 49.6. The van der Waals surface area contributed by atoms with Crippen molar-refractivity contribution in [3.8, 4) is 0 Å². The van der Waals surface area contributed by atoms with Crippen molar-refractivity contribution in [2.24, 2.45) is 4.99 Å².